The monoisotopic (exact) mass is 349 g/mol. The number of ether oxygens (including phenoxy) is 1. The van der Waals surface area contributed by atoms with Crippen molar-refractivity contribution in [2.24, 2.45) is 0 Å². The van der Waals surface area contributed by atoms with Crippen molar-refractivity contribution in [1.29, 1.82) is 0 Å². The molecule has 1 aromatic carbocycles. The van der Waals surface area contributed by atoms with Crippen molar-refractivity contribution in [1.82, 2.24) is 0 Å². The van der Waals surface area contributed by atoms with Crippen LogP contribution in [-0.2, 0) is 10.1 Å². The summed E-state index contributed by atoms with van der Waals surface area (Å²) in [7, 11) is -2.53. The van der Waals surface area contributed by atoms with Crippen LogP contribution in [0.15, 0.2) is 18.2 Å². The predicted octanol–water partition coefficient (Wildman–Crippen LogP) is -0.273. The van der Waals surface area contributed by atoms with Crippen LogP contribution in [0.1, 0.15) is 45.1 Å². The van der Waals surface area contributed by atoms with Crippen molar-refractivity contribution in [3.05, 3.63) is 23.8 Å². The Kier molecular flexibility index (Phi) is 6.99. The predicted molar refractivity (Wildman–Crippen MR) is 86.6 cm³/mol. The maximum absolute atomic E-state index is 10.8. The second-order valence-electron chi connectivity index (χ2n) is 6.61. The Balaban J connectivity index is 0.00000264. The van der Waals surface area contributed by atoms with Gasteiger partial charge < -0.3 is 14.2 Å². The van der Waals surface area contributed by atoms with Crippen molar-refractivity contribution in [3.8, 4) is 5.75 Å². The fourth-order valence-electron chi connectivity index (χ4n) is 3.42. The van der Waals surface area contributed by atoms with Crippen LogP contribution in [0.25, 0.3) is 0 Å². The molecule has 0 aromatic heterocycles. The van der Waals surface area contributed by atoms with Gasteiger partial charge in [-0.15, -0.1) is 0 Å². The number of hydrogen-bond donors (Lipinski definition) is 0. The quantitative estimate of drug-likeness (QED) is 0.541. The van der Waals surface area contributed by atoms with Gasteiger partial charge in [-0.1, -0.05) is 13.0 Å². The van der Waals surface area contributed by atoms with Crippen LogP contribution in [0.2, 0.25) is 0 Å². The smallest absolute Gasteiger partial charge is 0.748 e. The molecule has 0 N–H and O–H groups in total. The Morgan fingerprint density at radius 3 is 2.61 bits per heavy atom. The molecule has 5 nitrogen and oxygen atoms in total. The van der Waals surface area contributed by atoms with E-state index in [-0.39, 0.29) is 40.8 Å². The first-order valence-electron chi connectivity index (χ1n) is 7.53. The van der Waals surface area contributed by atoms with E-state index in [1.165, 1.54) is 5.56 Å². The summed E-state index contributed by atoms with van der Waals surface area (Å²) in [4.78, 5) is 2.20. The zero-order chi connectivity index (χ0) is 16.5. The molecule has 1 unspecified atom stereocenters. The zero-order valence-electron chi connectivity index (χ0n) is 14.6. The third kappa shape index (κ3) is 5.10. The molecule has 0 amide bonds. The second kappa shape index (κ2) is 7.74. The number of fused-ring (bicyclic) bond motifs is 1. The molecule has 124 valence electrons. The number of benzene rings is 1. The molecule has 1 atom stereocenters. The van der Waals surface area contributed by atoms with Crippen LogP contribution >= 0.6 is 0 Å². The first-order chi connectivity index (χ1) is 10.1. The van der Waals surface area contributed by atoms with Crippen LogP contribution in [0.3, 0.4) is 0 Å². The van der Waals surface area contributed by atoms with Gasteiger partial charge >= 0.3 is 29.6 Å². The van der Waals surface area contributed by atoms with Gasteiger partial charge in [0.2, 0.25) is 0 Å². The van der Waals surface area contributed by atoms with E-state index in [1.54, 1.807) is 7.11 Å². The van der Waals surface area contributed by atoms with Crippen LogP contribution in [0.4, 0.5) is 5.69 Å². The molecule has 23 heavy (non-hydrogen) atoms. The number of anilines is 1. The van der Waals surface area contributed by atoms with Gasteiger partial charge in [-0.25, -0.2) is 8.42 Å². The Hall–Kier alpha value is -0.270. The van der Waals surface area contributed by atoms with Crippen molar-refractivity contribution in [2.75, 3.05) is 24.3 Å². The van der Waals surface area contributed by atoms with Gasteiger partial charge in [0.05, 0.1) is 17.2 Å². The first-order valence-corrected chi connectivity index (χ1v) is 9.11. The molecule has 1 aliphatic heterocycles. The Morgan fingerprint density at radius 2 is 2.04 bits per heavy atom. The Morgan fingerprint density at radius 1 is 1.39 bits per heavy atom. The molecule has 0 aliphatic carbocycles. The molecule has 2 rings (SSSR count). The molecule has 1 heterocycles. The molecular formula is C16H24NNaO4S. The van der Waals surface area contributed by atoms with Gasteiger partial charge in [0, 0.05) is 29.6 Å². The van der Waals surface area contributed by atoms with Crippen LogP contribution in [-0.4, -0.2) is 37.9 Å². The minimum absolute atomic E-state index is 0. The van der Waals surface area contributed by atoms with Crippen molar-refractivity contribution >= 4 is 15.8 Å². The number of nitrogens with zero attached hydrogens (tertiary/aromatic N) is 1. The third-order valence-corrected chi connectivity index (χ3v) is 5.16. The maximum atomic E-state index is 10.8. The van der Waals surface area contributed by atoms with E-state index in [1.807, 2.05) is 12.1 Å². The summed E-state index contributed by atoms with van der Waals surface area (Å²) in [6, 6.07) is 6.03. The van der Waals surface area contributed by atoms with E-state index in [0.29, 0.717) is 18.9 Å². The summed E-state index contributed by atoms with van der Waals surface area (Å²) >= 11 is 0. The Labute approximate surface area is 161 Å². The minimum atomic E-state index is -4.16. The molecule has 7 heteroatoms. The summed E-state index contributed by atoms with van der Waals surface area (Å²) in [5.74, 6) is 0.884. The molecule has 0 spiro atoms. The molecule has 0 bridgehead atoms. The van der Waals surface area contributed by atoms with Crippen molar-refractivity contribution in [2.45, 2.75) is 45.1 Å². The average molecular weight is 349 g/mol. The number of hydrogen-bond acceptors (Lipinski definition) is 5. The largest absolute Gasteiger partial charge is 1.00 e. The van der Waals surface area contributed by atoms with Crippen LogP contribution in [0.5, 0.6) is 5.75 Å². The SMILES string of the molecule is COc1ccc2c(c1)N(CCCS(=O)(=O)[O-])C(C)(C)CC2C.[Na+]. The zero-order valence-corrected chi connectivity index (χ0v) is 17.4. The van der Waals surface area contributed by atoms with Crippen LogP contribution < -0.4 is 39.2 Å². The summed E-state index contributed by atoms with van der Waals surface area (Å²) < 4.78 is 37.8. The Bertz CT molecular complexity index is 645. The van der Waals surface area contributed by atoms with Gasteiger partial charge in [0.15, 0.2) is 0 Å². The third-order valence-electron chi connectivity index (χ3n) is 4.37. The van der Waals surface area contributed by atoms with E-state index in [0.717, 1.165) is 17.9 Å². The molecule has 0 fully saturated rings. The normalized spacial score (nSPS) is 19.7. The van der Waals surface area contributed by atoms with E-state index >= 15 is 0 Å². The molecule has 1 aromatic rings. The van der Waals surface area contributed by atoms with Gasteiger partial charge in [0.1, 0.15) is 5.75 Å². The van der Waals surface area contributed by atoms with Crippen molar-refractivity contribution < 1.29 is 47.3 Å². The molecule has 1 aliphatic rings. The fraction of sp³-hybridized carbons (Fsp3) is 0.625. The summed E-state index contributed by atoms with van der Waals surface area (Å²) in [6.07, 6.45) is 1.32. The molecule has 0 radical (unpaired) electrons. The standard InChI is InChI=1S/C16H25NO4S.Na/c1-12-11-16(2,3)17(8-5-9-22(18,19)20)15-10-13(21-4)6-7-14(12)15;/h6-7,10,12H,5,8-9,11H2,1-4H3,(H,18,19,20);/q;+1/p-1. The fourth-order valence-corrected chi connectivity index (χ4v) is 3.90. The summed E-state index contributed by atoms with van der Waals surface area (Å²) in [6.45, 7) is 7.04. The topological polar surface area (TPSA) is 69.7 Å². The summed E-state index contributed by atoms with van der Waals surface area (Å²) in [5, 5.41) is 0. The van der Waals surface area contributed by atoms with Gasteiger partial charge in [0.25, 0.3) is 0 Å². The van der Waals surface area contributed by atoms with Gasteiger partial charge in [-0.05, 0) is 44.2 Å². The van der Waals surface area contributed by atoms with Gasteiger partial charge in [-0.3, -0.25) is 0 Å². The van der Waals surface area contributed by atoms with Gasteiger partial charge in [-0.2, -0.15) is 0 Å². The second-order valence-corrected chi connectivity index (χ2v) is 8.13. The molecule has 0 saturated carbocycles. The summed E-state index contributed by atoms with van der Waals surface area (Å²) in [5.41, 5.74) is 2.22. The van der Waals surface area contributed by atoms with E-state index in [4.69, 9.17) is 4.74 Å². The molecule has 0 saturated heterocycles. The minimum Gasteiger partial charge on any atom is -0.748 e. The van der Waals surface area contributed by atoms with Crippen molar-refractivity contribution in [3.63, 3.8) is 0 Å². The van der Waals surface area contributed by atoms with E-state index in [9.17, 15) is 13.0 Å². The van der Waals surface area contributed by atoms with E-state index < -0.39 is 10.1 Å². The maximum Gasteiger partial charge on any atom is 1.00 e. The number of methoxy groups -OCH3 is 1. The molecular weight excluding hydrogens is 325 g/mol. The number of rotatable bonds is 5. The first kappa shape index (κ1) is 20.8. The van der Waals surface area contributed by atoms with Crippen LogP contribution in [0, 0.1) is 0 Å². The van der Waals surface area contributed by atoms with E-state index in [2.05, 4.69) is 31.7 Å². The average Bonchev–Trinajstić information content (AvgIpc) is 2.40.